The number of amides is 1. The van der Waals surface area contributed by atoms with E-state index in [9.17, 15) is 4.79 Å². The Morgan fingerprint density at radius 2 is 1.80 bits per heavy atom. The van der Waals surface area contributed by atoms with Crippen LogP contribution in [0.5, 0.6) is 0 Å². The lowest BCUT2D eigenvalue weighted by Gasteiger charge is -2.26. The summed E-state index contributed by atoms with van der Waals surface area (Å²) in [7, 11) is 0. The zero-order valence-corrected chi connectivity index (χ0v) is 15.8. The van der Waals surface area contributed by atoms with Gasteiger partial charge in [-0.3, -0.25) is 9.69 Å². The second-order valence-corrected chi connectivity index (χ2v) is 7.70. The third kappa shape index (κ3) is 5.33. The van der Waals surface area contributed by atoms with Crippen molar-refractivity contribution in [3.8, 4) is 0 Å². The minimum atomic E-state index is 0.163. The Morgan fingerprint density at radius 1 is 1.04 bits per heavy atom. The van der Waals surface area contributed by atoms with Crippen molar-refractivity contribution in [1.29, 1.82) is 0 Å². The number of piperidine rings is 1. The van der Waals surface area contributed by atoms with Crippen molar-refractivity contribution in [3.63, 3.8) is 0 Å². The molecule has 3 aliphatic rings. The molecular formula is C19H35N5O. The van der Waals surface area contributed by atoms with Crippen molar-refractivity contribution in [1.82, 2.24) is 20.4 Å². The molecule has 1 unspecified atom stereocenters. The standard InChI is InChI=1S/C19H35N5O/c1-2-20-19(21-14-18(25)23-11-6-3-7-12-23)22-16-10-13-24(15-16)17-8-4-5-9-17/h16-17H,2-15H2,1H3,(H2,20,21,22). The molecule has 1 amide bonds. The molecule has 0 spiro atoms. The van der Waals surface area contributed by atoms with Crippen LogP contribution in [0.25, 0.3) is 0 Å². The summed E-state index contributed by atoms with van der Waals surface area (Å²) >= 11 is 0. The monoisotopic (exact) mass is 349 g/mol. The second-order valence-electron chi connectivity index (χ2n) is 7.70. The first kappa shape index (κ1) is 18.5. The van der Waals surface area contributed by atoms with Crippen LogP contribution in [0, 0.1) is 0 Å². The fourth-order valence-corrected chi connectivity index (χ4v) is 4.41. The molecule has 1 saturated carbocycles. The highest BCUT2D eigenvalue weighted by Crippen LogP contribution is 2.26. The Balaban J connectivity index is 1.47. The fraction of sp³-hybridized carbons (Fsp3) is 0.895. The van der Waals surface area contributed by atoms with Gasteiger partial charge in [0.05, 0.1) is 0 Å². The van der Waals surface area contributed by atoms with Crippen molar-refractivity contribution in [2.24, 2.45) is 4.99 Å². The summed E-state index contributed by atoms with van der Waals surface area (Å²) in [6, 6.07) is 1.25. The van der Waals surface area contributed by atoms with E-state index in [4.69, 9.17) is 0 Å². The minimum Gasteiger partial charge on any atom is -0.357 e. The molecule has 0 radical (unpaired) electrons. The van der Waals surface area contributed by atoms with E-state index < -0.39 is 0 Å². The summed E-state index contributed by atoms with van der Waals surface area (Å²) in [6.07, 6.45) is 10.2. The first-order valence-electron chi connectivity index (χ1n) is 10.3. The topological polar surface area (TPSA) is 60.0 Å². The van der Waals surface area contributed by atoms with Crippen LogP contribution in [-0.4, -0.2) is 73.0 Å². The molecule has 2 N–H and O–H groups in total. The largest absolute Gasteiger partial charge is 0.357 e. The zero-order chi connectivity index (χ0) is 17.5. The maximum Gasteiger partial charge on any atom is 0.244 e. The lowest BCUT2D eigenvalue weighted by Crippen LogP contribution is -2.46. The van der Waals surface area contributed by atoms with Gasteiger partial charge in [0.2, 0.25) is 5.91 Å². The molecule has 0 aromatic carbocycles. The number of guanidine groups is 1. The highest BCUT2D eigenvalue weighted by molar-refractivity contribution is 5.85. The normalized spacial score (nSPS) is 26.2. The molecule has 0 aromatic rings. The predicted molar refractivity (Wildman–Crippen MR) is 102 cm³/mol. The van der Waals surface area contributed by atoms with Crippen molar-refractivity contribution >= 4 is 11.9 Å². The van der Waals surface area contributed by atoms with E-state index in [0.717, 1.165) is 51.0 Å². The number of hydrogen-bond donors (Lipinski definition) is 2. The lowest BCUT2D eigenvalue weighted by atomic mass is 10.1. The first-order chi connectivity index (χ1) is 12.3. The molecular weight excluding hydrogens is 314 g/mol. The summed E-state index contributed by atoms with van der Waals surface area (Å²) in [4.78, 5) is 21.5. The van der Waals surface area contributed by atoms with E-state index in [0.29, 0.717) is 6.04 Å². The fourth-order valence-electron chi connectivity index (χ4n) is 4.41. The van der Waals surface area contributed by atoms with Gasteiger partial charge in [0, 0.05) is 44.8 Å². The van der Waals surface area contributed by atoms with Gasteiger partial charge < -0.3 is 15.5 Å². The third-order valence-corrected chi connectivity index (χ3v) is 5.83. The molecule has 2 heterocycles. The molecule has 1 aliphatic carbocycles. The average molecular weight is 350 g/mol. The van der Waals surface area contributed by atoms with Crippen molar-refractivity contribution in [3.05, 3.63) is 0 Å². The number of rotatable bonds is 5. The van der Waals surface area contributed by atoms with Gasteiger partial charge in [-0.1, -0.05) is 12.8 Å². The Hall–Kier alpha value is -1.30. The summed E-state index contributed by atoms with van der Waals surface area (Å²) in [5.41, 5.74) is 0. The molecule has 6 heteroatoms. The quantitative estimate of drug-likeness (QED) is 0.584. The van der Waals surface area contributed by atoms with Gasteiger partial charge in [-0.25, -0.2) is 4.99 Å². The Kier molecular flexibility index (Phi) is 6.96. The number of hydrogen-bond acceptors (Lipinski definition) is 3. The van der Waals surface area contributed by atoms with Crippen LogP contribution in [-0.2, 0) is 4.79 Å². The van der Waals surface area contributed by atoms with Crippen LogP contribution in [0.4, 0.5) is 0 Å². The average Bonchev–Trinajstić information content (AvgIpc) is 3.32. The van der Waals surface area contributed by atoms with Crippen molar-refractivity contribution in [2.75, 3.05) is 39.3 Å². The zero-order valence-electron chi connectivity index (χ0n) is 15.8. The molecule has 2 saturated heterocycles. The van der Waals surface area contributed by atoms with E-state index >= 15 is 0 Å². The van der Waals surface area contributed by atoms with Crippen LogP contribution in [0.15, 0.2) is 4.99 Å². The van der Waals surface area contributed by atoms with Gasteiger partial charge in [0.25, 0.3) is 0 Å². The summed E-state index contributed by atoms with van der Waals surface area (Å²) in [6.45, 7) is 7.25. The van der Waals surface area contributed by atoms with Gasteiger partial charge in [0.15, 0.2) is 5.96 Å². The second kappa shape index (κ2) is 9.41. The van der Waals surface area contributed by atoms with Crippen molar-refractivity contribution < 1.29 is 4.79 Å². The summed E-state index contributed by atoms with van der Waals surface area (Å²) in [5, 5.41) is 6.86. The van der Waals surface area contributed by atoms with Crippen LogP contribution in [0.3, 0.4) is 0 Å². The van der Waals surface area contributed by atoms with E-state index in [1.54, 1.807) is 0 Å². The van der Waals surface area contributed by atoms with Crippen LogP contribution < -0.4 is 10.6 Å². The van der Waals surface area contributed by atoms with Gasteiger partial charge in [-0.15, -0.1) is 0 Å². The minimum absolute atomic E-state index is 0.163. The lowest BCUT2D eigenvalue weighted by molar-refractivity contribution is -0.130. The molecule has 0 aromatic heterocycles. The number of carbonyl (C=O) groups is 1. The van der Waals surface area contributed by atoms with Gasteiger partial charge in [-0.2, -0.15) is 0 Å². The third-order valence-electron chi connectivity index (χ3n) is 5.83. The Morgan fingerprint density at radius 3 is 2.52 bits per heavy atom. The molecule has 2 aliphatic heterocycles. The molecule has 142 valence electrons. The molecule has 3 fully saturated rings. The highest BCUT2D eigenvalue weighted by atomic mass is 16.2. The summed E-state index contributed by atoms with van der Waals surface area (Å²) < 4.78 is 0. The SMILES string of the molecule is CCNC(=NCC(=O)N1CCCCC1)NC1CCN(C2CCCC2)C1. The van der Waals surface area contributed by atoms with Crippen LogP contribution in [0.1, 0.15) is 58.3 Å². The van der Waals surface area contributed by atoms with E-state index in [1.165, 1.54) is 45.1 Å². The Bertz CT molecular complexity index is 455. The maximum atomic E-state index is 12.3. The highest BCUT2D eigenvalue weighted by Gasteiger charge is 2.30. The molecule has 6 nitrogen and oxygen atoms in total. The van der Waals surface area contributed by atoms with Crippen LogP contribution in [0.2, 0.25) is 0 Å². The van der Waals surface area contributed by atoms with Crippen LogP contribution >= 0.6 is 0 Å². The number of nitrogens with zero attached hydrogens (tertiary/aromatic N) is 3. The van der Waals surface area contributed by atoms with E-state index in [1.807, 2.05) is 4.90 Å². The Labute approximate surface area is 152 Å². The number of aliphatic imine (C=N–C) groups is 1. The smallest absolute Gasteiger partial charge is 0.244 e. The van der Waals surface area contributed by atoms with Gasteiger partial charge in [0.1, 0.15) is 6.54 Å². The maximum absolute atomic E-state index is 12.3. The summed E-state index contributed by atoms with van der Waals surface area (Å²) in [5.74, 6) is 0.960. The van der Waals surface area contributed by atoms with Gasteiger partial charge >= 0.3 is 0 Å². The number of nitrogens with one attached hydrogen (secondary N) is 2. The van der Waals surface area contributed by atoms with Crippen molar-refractivity contribution in [2.45, 2.75) is 70.4 Å². The number of likely N-dealkylation sites (tertiary alicyclic amines) is 2. The van der Waals surface area contributed by atoms with E-state index in [-0.39, 0.29) is 12.5 Å². The number of carbonyl (C=O) groups excluding carboxylic acids is 1. The van der Waals surface area contributed by atoms with E-state index in [2.05, 4.69) is 27.4 Å². The predicted octanol–water partition coefficient (Wildman–Crippen LogP) is 1.57. The molecule has 0 bridgehead atoms. The molecule has 25 heavy (non-hydrogen) atoms. The molecule has 3 rings (SSSR count). The van der Waals surface area contributed by atoms with Gasteiger partial charge in [-0.05, 0) is 45.4 Å². The molecule has 1 atom stereocenters. The first-order valence-corrected chi connectivity index (χ1v) is 10.3.